The van der Waals surface area contributed by atoms with Crippen LogP contribution in [0.25, 0.3) is 93.3 Å². The standard InChI is InChI=1S/C41H24N6/c1-3-9-25(10-4-1)45-32-14-8-7-13-29(32)38-34(45)18-16-30-37-33(46(40(30)38)26-11-5-2-6-12-26)17-15-28-27-19-21-42-23-35(27)47-36-24-43-22-20-31(36)44-41(47)39(28)37/h1-24H. The van der Waals surface area contributed by atoms with Gasteiger partial charge in [0.2, 0.25) is 0 Å². The van der Waals surface area contributed by atoms with E-state index in [-0.39, 0.29) is 0 Å². The van der Waals surface area contributed by atoms with Crippen molar-refractivity contribution < 1.29 is 0 Å². The molecule has 218 valence electrons. The number of fused-ring (bicyclic) bond motifs is 16. The summed E-state index contributed by atoms with van der Waals surface area (Å²) in [6, 6.07) is 43.4. The first-order chi connectivity index (χ1) is 23.4. The Morgan fingerprint density at radius 3 is 1.87 bits per heavy atom. The zero-order valence-corrected chi connectivity index (χ0v) is 25.0. The smallest absolute Gasteiger partial charge is 0.147 e. The van der Waals surface area contributed by atoms with Crippen molar-refractivity contribution in [1.82, 2.24) is 28.5 Å². The van der Waals surface area contributed by atoms with Gasteiger partial charge < -0.3 is 9.13 Å². The molecule has 0 bridgehead atoms. The topological polar surface area (TPSA) is 52.9 Å². The second-order valence-electron chi connectivity index (χ2n) is 12.1. The number of pyridine rings is 3. The maximum Gasteiger partial charge on any atom is 0.147 e. The summed E-state index contributed by atoms with van der Waals surface area (Å²) in [5, 5.41) is 8.25. The minimum Gasteiger partial charge on any atom is -0.309 e. The number of aromatic nitrogens is 6. The van der Waals surface area contributed by atoms with Gasteiger partial charge in [0.05, 0.1) is 51.0 Å². The molecule has 5 aromatic carbocycles. The van der Waals surface area contributed by atoms with Crippen LogP contribution in [0.15, 0.2) is 146 Å². The van der Waals surface area contributed by atoms with Gasteiger partial charge >= 0.3 is 0 Å². The molecule has 0 radical (unpaired) electrons. The molecule has 0 spiro atoms. The summed E-state index contributed by atoms with van der Waals surface area (Å²) in [4.78, 5) is 14.3. The van der Waals surface area contributed by atoms with E-state index in [2.05, 4.69) is 139 Å². The third kappa shape index (κ3) is 3.16. The lowest BCUT2D eigenvalue weighted by Crippen LogP contribution is -1.95. The van der Waals surface area contributed by atoms with Gasteiger partial charge in [0.15, 0.2) is 0 Å². The number of nitrogens with zero attached hydrogens (tertiary/aromatic N) is 6. The van der Waals surface area contributed by atoms with E-state index in [4.69, 9.17) is 4.98 Å². The highest BCUT2D eigenvalue weighted by molar-refractivity contribution is 6.34. The average molecular weight is 601 g/mol. The summed E-state index contributed by atoms with van der Waals surface area (Å²) < 4.78 is 7.08. The zero-order chi connectivity index (χ0) is 30.6. The number of hydrogen-bond acceptors (Lipinski definition) is 3. The fraction of sp³-hybridized carbons (Fsp3) is 0. The summed E-state index contributed by atoms with van der Waals surface area (Å²) >= 11 is 0. The Morgan fingerprint density at radius 1 is 0.404 bits per heavy atom. The molecular formula is C41H24N6. The van der Waals surface area contributed by atoms with E-state index in [1.807, 2.05) is 30.9 Å². The van der Waals surface area contributed by atoms with Gasteiger partial charge in [-0.1, -0.05) is 66.7 Å². The van der Waals surface area contributed by atoms with Gasteiger partial charge in [-0.25, -0.2) is 4.98 Å². The van der Waals surface area contributed by atoms with Crippen LogP contribution in [-0.2, 0) is 0 Å². The highest BCUT2D eigenvalue weighted by Crippen LogP contribution is 2.45. The predicted molar refractivity (Wildman–Crippen MR) is 192 cm³/mol. The number of rotatable bonds is 2. The average Bonchev–Trinajstić information content (AvgIpc) is 3.80. The summed E-state index contributed by atoms with van der Waals surface area (Å²) in [6.45, 7) is 0. The Labute approximate surface area is 267 Å². The molecule has 0 amide bonds. The van der Waals surface area contributed by atoms with Gasteiger partial charge in [-0.2, -0.15) is 0 Å². The van der Waals surface area contributed by atoms with E-state index in [0.717, 1.165) is 55.2 Å². The molecule has 0 atom stereocenters. The van der Waals surface area contributed by atoms with E-state index < -0.39 is 0 Å². The molecule has 0 aliphatic carbocycles. The maximum atomic E-state index is 5.27. The highest BCUT2D eigenvalue weighted by Gasteiger charge is 2.24. The monoisotopic (exact) mass is 600 g/mol. The first kappa shape index (κ1) is 24.8. The molecule has 6 heteroatoms. The molecule has 47 heavy (non-hydrogen) atoms. The van der Waals surface area contributed by atoms with Crippen molar-refractivity contribution in [3.05, 3.63) is 146 Å². The van der Waals surface area contributed by atoms with Gasteiger partial charge in [-0.15, -0.1) is 0 Å². The van der Waals surface area contributed by atoms with Gasteiger partial charge in [0.25, 0.3) is 0 Å². The molecule has 0 N–H and O–H groups in total. The number of benzene rings is 5. The maximum absolute atomic E-state index is 5.27. The summed E-state index contributed by atoms with van der Waals surface area (Å²) in [5.74, 6) is 0. The normalized spacial score (nSPS) is 12.3. The molecule has 6 aromatic heterocycles. The van der Waals surface area contributed by atoms with E-state index in [1.54, 1.807) is 0 Å². The fourth-order valence-corrected chi connectivity index (χ4v) is 7.93. The Kier molecular flexibility index (Phi) is 4.75. The van der Waals surface area contributed by atoms with Crippen LogP contribution in [0, 0.1) is 0 Å². The van der Waals surface area contributed by atoms with Gasteiger partial charge in [-0.05, 0) is 60.0 Å². The van der Waals surface area contributed by atoms with Crippen molar-refractivity contribution in [3.8, 4) is 11.4 Å². The number of imidazole rings is 1. The Hall–Kier alpha value is -6.53. The van der Waals surface area contributed by atoms with E-state index in [0.29, 0.717) is 0 Å². The SMILES string of the molecule is c1ccc(-n2c3ccccc3c3c2ccc2c4c5c(ccc4n(-c4ccccc4)c23)c2ccncc2n2c3cnccc3nc52)cc1. The van der Waals surface area contributed by atoms with Crippen LogP contribution < -0.4 is 0 Å². The summed E-state index contributed by atoms with van der Waals surface area (Å²) in [7, 11) is 0. The third-order valence-corrected chi connectivity index (χ3v) is 9.77. The Balaban J connectivity index is 1.45. The molecule has 0 saturated heterocycles. The zero-order valence-electron chi connectivity index (χ0n) is 25.0. The first-order valence-corrected chi connectivity index (χ1v) is 15.8. The van der Waals surface area contributed by atoms with Crippen LogP contribution in [0.1, 0.15) is 0 Å². The molecule has 0 saturated carbocycles. The lowest BCUT2D eigenvalue weighted by molar-refractivity contribution is 1.17. The molecule has 0 unspecified atom stereocenters. The summed E-state index contributed by atoms with van der Waals surface area (Å²) in [5.41, 5.74) is 10.8. The van der Waals surface area contributed by atoms with Crippen LogP contribution in [0.3, 0.4) is 0 Å². The summed E-state index contributed by atoms with van der Waals surface area (Å²) in [6.07, 6.45) is 7.54. The lowest BCUT2D eigenvalue weighted by atomic mass is 10.0. The van der Waals surface area contributed by atoms with Crippen molar-refractivity contribution in [2.45, 2.75) is 0 Å². The first-order valence-electron chi connectivity index (χ1n) is 15.8. The van der Waals surface area contributed by atoms with Crippen LogP contribution >= 0.6 is 0 Å². The van der Waals surface area contributed by atoms with Gasteiger partial charge in [0.1, 0.15) is 5.65 Å². The number of para-hydroxylation sites is 3. The predicted octanol–water partition coefficient (Wildman–Crippen LogP) is 9.78. The van der Waals surface area contributed by atoms with Crippen LogP contribution in [0.5, 0.6) is 0 Å². The largest absolute Gasteiger partial charge is 0.309 e. The minimum atomic E-state index is 0.910. The van der Waals surface area contributed by atoms with Gasteiger partial charge in [0, 0.05) is 56.1 Å². The van der Waals surface area contributed by atoms with Crippen LogP contribution in [0.4, 0.5) is 0 Å². The minimum absolute atomic E-state index is 0.910. The molecule has 0 aliphatic rings. The molecule has 11 rings (SSSR count). The lowest BCUT2D eigenvalue weighted by Gasteiger charge is -2.11. The second-order valence-corrected chi connectivity index (χ2v) is 12.1. The van der Waals surface area contributed by atoms with Crippen molar-refractivity contribution in [3.63, 3.8) is 0 Å². The van der Waals surface area contributed by atoms with E-state index in [1.165, 1.54) is 38.1 Å². The van der Waals surface area contributed by atoms with Gasteiger partial charge in [-0.3, -0.25) is 14.4 Å². The molecule has 11 aromatic rings. The molecule has 6 heterocycles. The van der Waals surface area contributed by atoms with Crippen molar-refractivity contribution in [2.24, 2.45) is 0 Å². The Morgan fingerprint density at radius 2 is 1.06 bits per heavy atom. The molecule has 6 nitrogen and oxygen atoms in total. The van der Waals surface area contributed by atoms with Crippen molar-refractivity contribution >= 4 is 82.0 Å². The van der Waals surface area contributed by atoms with Crippen LogP contribution in [-0.4, -0.2) is 28.5 Å². The molecule has 0 aliphatic heterocycles. The van der Waals surface area contributed by atoms with Crippen LogP contribution in [0.2, 0.25) is 0 Å². The fourth-order valence-electron chi connectivity index (χ4n) is 7.93. The third-order valence-electron chi connectivity index (χ3n) is 9.77. The highest BCUT2D eigenvalue weighted by atomic mass is 15.0. The Bertz CT molecular complexity index is 3060. The van der Waals surface area contributed by atoms with E-state index >= 15 is 0 Å². The molecular weight excluding hydrogens is 576 g/mol. The molecule has 0 fully saturated rings. The van der Waals surface area contributed by atoms with E-state index in [9.17, 15) is 0 Å². The quantitative estimate of drug-likeness (QED) is 0.186. The van der Waals surface area contributed by atoms with Crippen molar-refractivity contribution in [1.29, 1.82) is 0 Å². The van der Waals surface area contributed by atoms with Crippen molar-refractivity contribution in [2.75, 3.05) is 0 Å². The second kappa shape index (κ2) is 9.02. The number of hydrogen-bond donors (Lipinski definition) is 0.